The molecular weight excluding hydrogens is 230 g/mol. The molecule has 0 saturated carbocycles. The number of nitrogens with one attached hydrogen (secondary N) is 2. The molecule has 0 aliphatic carbocycles. The van der Waals surface area contributed by atoms with Crippen LogP contribution in [0.3, 0.4) is 0 Å². The van der Waals surface area contributed by atoms with Crippen LogP contribution in [0.2, 0.25) is 0 Å². The highest BCUT2D eigenvalue weighted by molar-refractivity contribution is 5.95. The summed E-state index contributed by atoms with van der Waals surface area (Å²) >= 11 is 0. The summed E-state index contributed by atoms with van der Waals surface area (Å²) in [6.07, 6.45) is 2.14. The molecule has 0 radical (unpaired) electrons. The molecule has 1 aromatic heterocycles. The van der Waals surface area contributed by atoms with Crippen molar-refractivity contribution in [3.8, 4) is 0 Å². The summed E-state index contributed by atoms with van der Waals surface area (Å²) in [4.78, 5) is 27.5. The lowest BCUT2D eigenvalue weighted by molar-refractivity contribution is -0.122. The van der Waals surface area contributed by atoms with Crippen molar-refractivity contribution in [2.24, 2.45) is 5.92 Å². The third kappa shape index (κ3) is 4.16. The summed E-state index contributed by atoms with van der Waals surface area (Å²) in [5.74, 6) is -0.200. The van der Waals surface area contributed by atoms with Gasteiger partial charge in [0.05, 0.1) is 0 Å². The standard InChI is InChI=1S/C13H19N3O2/c1-9(2)8-11(12(17)14-3)16-13(18)10-6-4-5-7-15-10/h4-7,9,11H,8H2,1-3H3,(H,14,17)(H,16,18)/t11-/m0/s1. The predicted octanol–water partition coefficient (Wildman–Crippen LogP) is 0.972. The van der Waals surface area contributed by atoms with Gasteiger partial charge in [0.2, 0.25) is 5.91 Å². The Morgan fingerprint density at radius 2 is 2.06 bits per heavy atom. The lowest BCUT2D eigenvalue weighted by Crippen LogP contribution is -2.46. The SMILES string of the molecule is CNC(=O)[C@H](CC(C)C)NC(=O)c1ccccn1. The topological polar surface area (TPSA) is 71.1 Å². The van der Waals surface area contributed by atoms with Gasteiger partial charge in [-0.1, -0.05) is 19.9 Å². The first kappa shape index (κ1) is 14.2. The van der Waals surface area contributed by atoms with Crippen LogP contribution in [0.15, 0.2) is 24.4 Å². The van der Waals surface area contributed by atoms with Crippen molar-refractivity contribution in [2.45, 2.75) is 26.3 Å². The number of aromatic nitrogens is 1. The van der Waals surface area contributed by atoms with Crippen LogP contribution in [-0.4, -0.2) is 29.9 Å². The number of carbonyl (C=O) groups excluding carboxylic acids is 2. The highest BCUT2D eigenvalue weighted by Crippen LogP contribution is 2.06. The minimum Gasteiger partial charge on any atom is -0.357 e. The molecule has 2 amide bonds. The fraction of sp³-hybridized carbons (Fsp3) is 0.462. The van der Waals surface area contributed by atoms with Crippen LogP contribution < -0.4 is 10.6 Å². The largest absolute Gasteiger partial charge is 0.357 e. The molecule has 0 saturated heterocycles. The maximum atomic E-state index is 11.9. The number of rotatable bonds is 5. The van der Waals surface area contributed by atoms with Crippen molar-refractivity contribution >= 4 is 11.8 Å². The molecule has 0 fully saturated rings. The van der Waals surface area contributed by atoms with Crippen LogP contribution in [-0.2, 0) is 4.79 Å². The minimum absolute atomic E-state index is 0.187. The second-order valence-corrected chi connectivity index (χ2v) is 4.48. The Morgan fingerprint density at radius 1 is 1.33 bits per heavy atom. The Kier molecular flexibility index (Phi) is 5.30. The van der Waals surface area contributed by atoms with E-state index in [4.69, 9.17) is 0 Å². The summed E-state index contributed by atoms with van der Waals surface area (Å²) in [6.45, 7) is 4.01. The zero-order valence-electron chi connectivity index (χ0n) is 10.9. The van der Waals surface area contributed by atoms with Gasteiger partial charge in [-0.25, -0.2) is 0 Å². The third-order valence-corrected chi connectivity index (χ3v) is 2.47. The van der Waals surface area contributed by atoms with E-state index in [0.717, 1.165) is 0 Å². The van der Waals surface area contributed by atoms with E-state index in [1.807, 2.05) is 13.8 Å². The first-order valence-corrected chi connectivity index (χ1v) is 5.98. The second-order valence-electron chi connectivity index (χ2n) is 4.48. The van der Waals surface area contributed by atoms with Gasteiger partial charge in [0.25, 0.3) is 5.91 Å². The van der Waals surface area contributed by atoms with Gasteiger partial charge in [-0.15, -0.1) is 0 Å². The predicted molar refractivity (Wildman–Crippen MR) is 69.0 cm³/mol. The van der Waals surface area contributed by atoms with Crippen molar-refractivity contribution < 1.29 is 9.59 Å². The molecule has 0 unspecified atom stereocenters. The molecule has 1 heterocycles. The van der Waals surface area contributed by atoms with Gasteiger partial charge in [0.15, 0.2) is 0 Å². The summed E-state index contributed by atoms with van der Waals surface area (Å²) < 4.78 is 0. The van der Waals surface area contributed by atoms with Gasteiger partial charge < -0.3 is 10.6 Å². The van der Waals surface area contributed by atoms with Gasteiger partial charge in [-0.2, -0.15) is 0 Å². The van der Waals surface area contributed by atoms with Crippen molar-refractivity contribution in [1.82, 2.24) is 15.6 Å². The molecule has 0 aromatic carbocycles. The van der Waals surface area contributed by atoms with Crippen LogP contribution in [0.25, 0.3) is 0 Å². The summed E-state index contributed by atoms with van der Waals surface area (Å²) in [6, 6.07) is 4.57. The average molecular weight is 249 g/mol. The first-order valence-electron chi connectivity index (χ1n) is 5.98. The lowest BCUT2D eigenvalue weighted by atomic mass is 10.0. The monoisotopic (exact) mass is 249 g/mol. The summed E-state index contributed by atoms with van der Waals surface area (Å²) in [5.41, 5.74) is 0.315. The lowest BCUT2D eigenvalue weighted by Gasteiger charge is -2.18. The van der Waals surface area contributed by atoms with Crippen molar-refractivity contribution in [1.29, 1.82) is 0 Å². The van der Waals surface area contributed by atoms with Gasteiger partial charge in [-0.05, 0) is 24.5 Å². The Balaban J connectivity index is 2.71. The van der Waals surface area contributed by atoms with Gasteiger partial charge in [0, 0.05) is 13.2 Å². The van der Waals surface area contributed by atoms with E-state index in [0.29, 0.717) is 18.0 Å². The highest BCUT2D eigenvalue weighted by atomic mass is 16.2. The van der Waals surface area contributed by atoms with Gasteiger partial charge in [-0.3, -0.25) is 14.6 Å². The molecule has 5 heteroatoms. The number of hydrogen-bond acceptors (Lipinski definition) is 3. The number of carbonyl (C=O) groups is 2. The number of hydrogen-bond donors (Lipinski definition) is 2. The van der Waals surface area contributed by atoms with Crippen molar-refractivity contribution in [3.05, 3.63) is 30.1 Å². The van der Waals surface area contributed by atoms with E-state index < -0.39 is 6.04 Å². The molecular formula is C13H19N3O2. The summed E-state index contributed by atoms with van der Waals surface area (Å²) in [5, 5.41) is 5.26. The molecule has 1 rings (SSSR count). The Bertz CT molecular complexity index is 404. The van der Waals surface area contributed by atoms with E-state index in [9.17, 15) is 9.59 Å². The maximum Gasteiger partial charge on any atom is 0.270 e. The fourth-order valence-corrected chi connectivity index (χ4v) is 1.61. The van der Waals surface area contributed by atoms with Crippen LogP contribution in [0, 0.1) is 5.92 Å². The third-order valence-electron chi connectivity index (χ3n) is 2.47. The Labute approximate surface area is 107 Å². The Hall–Kier alpha value is -1.91. The van der Waals surface area contributed by atoms with E-state index in [-0.39, 0.29) is 11.8 Å². The summed E-state index contributed by atoms with van der Waals surface area (Å²) in [7, 11) is 1.56. The van der Waals surface area contributed by atoms with E-state index in [1.54, 1.807) is 31.4 Å². The van der Waals surface area contributed by atoms with Crippen LogP contribution >= 0.6 is 0 Å². The quantitative estimate of drug-likeness (QED) is 0.817. The van der Waals surface area contributed by atoms with E-state index in [2.05, 4.69) is 15.6 Å². The van der Waals surface area contributed by atoms with Gasteiger partial charge >= 0.3 is 0 Å². The maximum absolute atomic E-state index is 11.9. The van der Waals surface area contributed by atoms with Crippen molar-refractivity contribution in [3.63, 3.8) is 0 Å². The molecule has 0 aliphatic heterocycles. The molecule has 98 valence electrons. The minimum atomic E-state index is -0.524. The number of amides is 2. The number of nitrogens with zero attached hydrogens (tertiary/aromatic N) is 1. The molecule has 1 aromatic rings. The van der Waals surface area contributed by atoms with Gasteiger partial charge in [0.1, 0.15) is 11.7 Å². The Morgan fingerprint density at radius 3 is 2.56 bits per heavy atom. The first-order chi connectivity index (χ1) is 8.54. The molecule has 0 spiro atoms. The van der Waals surface area contributed by atoms with Crippen molar-refractivity contribution in [2.75, 3.05) is 7.05 Å². The fourth-order valence-electron chi connectivity index (χ4n) is 1.61. The second kappa shape index (κ2) is 6.74. The van der Waals surface area contributed by atoms with Crippen LogP contribution in [0.5, 0.6) is 0 Å². The van der Waals surface area contributed by atoms with Crippen LogP contribution in [0.1, 0.15) is 30.8 Å². The molecule has 5 nitrogen and oxygen atoms in total. The molecule has 0 bridgehead atoms. The normalized spacial score (nSPS) is 12.0. The van der Waals surface area contributed by atoms with Crippen LogP contribution in [0.4, 0.5) is 0 Å². The smallest absolute Gasteiger partial charge is 0.270 e. The molecule has 2 N–H and O–H groups in total. The zero-order valence-corrected chi connectivity index (χ0v) is 10.9. The highest BCUT2D eigenvalue weighted by Gasteiger charge is 2.21. The molecule has 0 aliphatic rings. The molecule has 1 atom stereocenters. The molecule has 18 heavy (non-hydrogen) atoms. The van der Waals surface area contributed by atoms with E-state index >= 15 is 0 Å². The number of likely N-dealkylation sites (N-methyl/N-ethyl adjacent to an activating group) is 1. The van der Waals surface area contributed by atoms with E-state index in [1.165, 1.54) is 0 Å². The zero-order chi connectivity index (χ0) is 13.5. The average Bonchev–Trinajstić information content (AvgIpc) is 2.37. The number of pyridine rings is 1.